The fourth-order valence-corrected chi connectivity index (χ4v) is 3.28. The van der Waals surface area contributed by atoms with Gasteiger partial charge in [-0.3, -0.25) is 0 Å². The first-order valence-electron chi connectivity index (χ1n) is 12.3. The average molecular weight is 555 g/mol. The van der Waals surface area contributed by atoms with Gasteiger partial charge in [-0.15, -0.1) is 0 Å². The van der Waals surface area contributed by atoms with Crippen LogP contribution in [0.2, 0.25) is 0 Å². The lowest BCUT2D eigenvalue weighted by molar-refractivity contribution is 0.0230. The van der Waals surface area contributed by atoms with Crippen molar-refractivity contribution < 1.29 is 55.8 Å². The van der Waals surface area contributed by atoms with Crippen molar-refractivity contribution in [2.75, 3.05) is 13.2 Å². The summed E-state index contributed by atoms with van der Waals surface area (Å²) in [6.45, 7) is 6.36. The van der Waals surface area contributed by atoms with E-state index in [1.807, 2.05) is 0 Å². The summed E-state index contributed by atoms with van der Waals surface area (Å²) < 4.78 is 42.1. The monoisotopic (exact) mass is 554 g/mol. The maximum Gasteiger partial charge on any atom is 0.374 e. The van der Waals surface area contributed by atoms with Gasteiger partial charge in [-0.1, -0.05) is 0 Å². The maximum absolute atomic E-state index is 12.3. The van der Waals surface area contributed by atoms with Crippen molar-refractivity contribution in [1.29, 1.82) is 0 Å². The zero-order valence-electron chi connectivity index (χ0n) is 22.1. The quantitative estimate of drug-likeness (QED) is 0.130. The second-order valence-electron chi connectivity index (χ2n) is 8.84. The molecule has 0 saturated heterocycles. The molecule has 4 aromatic rings. The molecule has 4 aromatic heterocycles. The van der Waals surface area contributed by atoms with Crippen LogP contribution in [0.1, 0.15) is 69.9 Å². The summed E-state index contributed by atoms with van der Waals surface area (Å²) in [5.74, 6) is -2.21. The molecule has 40 heavy (non-hydrogen) atoms. The Labute approximate surface area is 227 Å². The minimum Gasteiger partial charge on any atom is -0.457 e. The van der Waals surface area contributed by atoms with E-state index < -0.39 is 23.9 Å². The molecule has 12 nitrogen and oxygen atoms in total. The number of hydrogen-bond acceptors (Lipinski definition) is 12. The molecule has 0 aliphatic rings. The molecule has 0 bridgehead atoms. The van der Waals surface area contributed by atoms with Crippen molar-refractivity contribution in [1.82, 2.24) is 0 Å². The SMILES string of the molecule is CC(C)OC(=O)c1ccc(-c2ccc(C(=O)OCCOC(=O)c3ccc(-c4ccc(C(=O)OC(C)C)o4)o3)o2)o1. The van der Waals surface area contributed by atoms with Gasteiger partial charge < -0.3 is 36.6 Å². The van der Waals surface area contributed by atoms with Crippen LogP contribution in [0.5, 0.6) is 0 Å². The van der Waals surface area contributed by atoms with E-state index in [0.29, 0.717) is 0 Å². The third-order valence-corrected chi connectivity index (χ3v) is 4.95. The smallest absolute Gasteiger partial charge is 0.374 e. The first kappa shape index (κ1) is 28.0. The molecular weight excluding hydrogens is 528 g/mol. The zero-order chi connectivity index (χ0) is 28.8. The highest BCUT2D eigenvalue weighted by molar-refractivity contribution is 5.89. The van der Waals surface area contributed by atoms with Crippen molar-refractivity contribution in [2.24, 2.45) is 0 Å². The Morgan fingerprint density at radius 3 is 1.05 bits per heavy atom. The van der Waals surface area contributed by atoms with Gasteiger partial charge >= 0.3 is 23.9 Å². The molecule has 0 aromatic carbocycles. The third kappa shape index (κ3) is 6.90. The van der Waals surface area contributed by atoms with Gasteiger partial charge in [0.1, 0.15) is 13.2 Å². The summed E-state index contributed by atoms with van der Waals surface area (Å²) in [5, 5.41) is 0. The topological polar surface area (TPSA) is 158 Å². The molecule has 0 spiro atoms. The van der Waals surface area contributed by atoms with E-state index in [2.05, 4.69) is 0 Å². The van der Waals surface area contributed by atoms with Crippen LogP contribution in [0, 0.1) is 0 Å². The van der Waals surface area contributed by atoms with Crippen LogP contribution in [-0.4, -0.2) is 49.3 Å². The fourth-order valence-electron chi connectivity index (χ4n) is 3.28. The molecule has 4 rings (SSSR count). The van der Waals surface area contributed by atoms with Gasteiger partial charge in [0.25, 0.3) is 0 Å². The van der Waals surface area contributed by atoms with Crippen LogP contribution < -0.4 is 0 Å². The van der Waals surface area contributed by atoms with Gasteiger partial charge in [-0.25, -0.2) is 19.2 Å². The summed E-state index contributed by atoms with van der Waals surface area (Å²) in [7, 11) is 0. The average Bonchev–Trinajstić information content (AvgIpc) is 3.71. The van der Waals surface area contributed by atoms with Gasteiger partial charge in [0.15, 0.2) is 23.0 Å². The Kier molecular flexibility index (Phi) is 8.57. The standard InChI is InChI=1S/C28H26O12/c1-15(2)35-27(31)23-11-7-19(39-23)17-5-9-21(37-17)25(29)33-13-14-34-26(30)22-10-6-18(38-22)20-8-12-24(40-20)28(32)36-16(3)4/h5-12,15-16H,13-14H2,1-4H3. The highest BCUT2D eigenvalue weighted by atomic mass is 16.6. The minimum atomic E-state index is -0.793. The van der Waals surface area contributed by atoms with Gasteiger partial charge in [-0.2, -0.15) is 0 Å². The second-order valence-corrected chi connectivity index (χ2v) is 8.84. The second kappa shape index (κ2) is 12.2. The Balaban J connectivity index is 1.24. The summed E-state index contributed by atoms with van der Waals surface area (Å²) in [6, 6.07) is 11.6. The lowest BCUT2D eigenvalue weighted by Crippen LogP contribution is -2.13. The lowest BCUT2D eigenvalue weighted by atomic mass is 10.3. The molecule has 0 aliphatic carbocycles. The molecule has 0 fully saturated rings. The molecule has 0 radical (unpaired) electrons. The van der Waals surface area contributed by atoms with Crippen LogP contribution in [0.4, 0.5) is 0 Å². The van der Waals surface area contributed by atoms with E-state index in [4.69, 9.17) is 36.6 Å². The Hall–Kier alpha value is -5.00. The fraction of sp³-hybridized carbons (Fsp3) is 0.286. The van der Waals surface area contributed by atoms with Gasteiger partial charge in [0.2, 0.25) is 23.0 Å². The molecule has 0 atom stereocenters. The number of carbonyl (C=O) groups excluding carboxylic acids is 4. The lowest BCUT2D eigenvalue weighted by Gasteiger charge is -2.05. The first-order chi connectivity index (χ1) is 19.1. The van der Waals surface area contributed by atoms with E-state index in [1.165, 1.54) is 48.5 Å². The molecule has 0 N–H and O–H groups in total. The number of esters is 4. The largest absolute Gasteiger partial charge is 0.457 e. The normalized spacial score (nSPS) is 11.1. The molecular formula is C28H26O12. The number of ether oxygens (including phenoxy) is 4. The van der Waals surface area contributed by atoms with Gasteiger partial charge in [-0.05, 0) is 76.2 Å². The molecule has 0 aliphatic heterocycles. The number of rotatable bonds is 11. The summed E-state index contributed by atoms with van der Waals surface area (Å²) in [5.41, 5.74) is 0. The van der Waals surface area contributed by atoms with Crippen LogP contribution in [0.25, 0.3) is 23.0 Å². The van der Waals surface area contributed by atoms with Gasteiger partial charge in [0.05, 0.1) is 12.2 Å². The molecule has 0 amide bonds. The molecule has 0 unspecified atom stereocenters. The maximum atomic E-state index is 12.3. The van der Waals surface area contributed by atoms with Crippen LogP contribution >= 0.6 is 0 Å². The predicted octanol–water partition coefficient (Wildman–Crippen LogP) is 5.54. The molecule has 12 heteroatoms. The number of carbonyl (C=O) groups is 4. The van der Waals surface area contributed by atoms with Crippen molar-refractivity contribution in [3.63, 3.8) is 0 Å². The van der Waals surface area contributed by atoms with E-state index in [0.717, 1.165) is 0 Å². The zero-order valence-corrected chi connectivity index (χ0v) is 22.1. The Morgan fingerprint density at radius 1 is 0.500 bits per heavy atom. The highest BCUT2D eigenvalue weighted by Gasteiger charge is 2.21. The Bertz CT molecular complexity index is 1380. The van der Waals surface area contributed by atoms with Crippen LogP contribution in [-0.2, 0) is 18.9 Å². The van der Waals surface area contributed by atoms with Crippen LogP contribution in [0.15, 0.2) is 66.2 Å². The summed E-state index contributed by atoms with van der Waals surface area (Å²) >= 11 is 0. The van der Waals surface area contributed by atoms with E-state index >= 15 is 0 Å². The van der Waals surface area contributed by atoms with E-state index in [1.54, 1.807) is 27.7 Å². The molecule has 0 saturated carbocycles. The van der Waals surface area contributed by atoms with Crippen molar-refractivity contribution >= 4 is 23.9 Å². The van der Waals surface area contributed by atoms with E-state index in [9.17, 15) is 19.2 Å². The minimum absolute atomic E-state index is 0.00466. The van der Waals surface area contributed by atoms with Crippen molar-refractivity contribution in [3.8, 4) is 23.0 Å². The summed E-state index contributed by atoms with van der Waals surface area (Å²) in [6.07, 6.45) is -0.610. The van der Waals surface area contributed by atoms with E-state index in [-0.39, 0.29) is 71.5 Å². The van der Waals surface area contributed by atoms with Crippen molar-refractivity contribution in [3.05, 3.63) is 71.6 Å². The highest BCUT2D eigenvalue weighted by Crippen LogP contribution is 2.27. The molecule has 4 heterocycles. The predicted molar refractivity (Wildman–Crippen MR) is 134 cm³/mol. The molecule has 210 valence electrons. The number of furan rings is 4. The third-order valence-electron chi connectivity index (χ3n) is 4.95. The van der Waals surface area contributed by atoms with Gasteiger partial charge in [0, 0.05) is 0 Å². The number of hydrogen-bond donors (Lipinski definition) is 0. The Morgan fingerprint density at radius 2 is 0.775 bits per heavy atom. The van der Waals surface area contributed by atoms with Crippen molar-refractivity contribution in [2.45, 2.75) is 39.9 Å². The van der Waals surface area contributed by atoms with Crippen LogP contribution in [0.3, 0.4) is 0 Å². The first-order valence-corrected chi connectivity index (χ1v) is 12.3. The summed E-state index contributed by atoms with van der Waals surface area (Å²) in [4.78, 5) is 48.4.